The molecular formula is C48H40Zr. The Bertz CT molecular complexity index is 1980. The summed E-state index contributed by atoms with van der Waals surface area (Å²) in [5, 5.41) is 0. The summed E-state index contributed by atoms with van der Waals surface area (Å²) in [5.74, 6) is 0. The second-order valence-electron chi connectivity index (χ2n) is 12.7. The summed E-state index contributed by atoms with van der Waals surface area (Å²) in [6.07, 6.45) is 13.3. The number of fused-ring (bicyclic) bond motifs is 2. The van der Waals surface area contributed by atoms with E-state index >= 15 is 0 Å². The molecule has 0 bridgehead atoms. The second kappa shape index (κ2) is 15.6. The molecule has 0 aromatic heterocycles. The molecule has 0 amide bonds. The van der Waals surface area contributed by atoms with E-state index in [0.717, 1.165) is 0 Å². The van der Waals surface area contributed by atoms with Gasteiger partial charge in [-0.2, -0.15) is 0 Å². The Morgan fingerprint density at radius 3 is 1.16 bits per heavy atom. The van der Waals surface area contributed by atoms with Crippen LogP contribution in [0.1, 0.15) is 54.5 Å². The molecule has 6 aromatic rings. The van der Waals surface area contributed by atoms with Crippen molar-refractivity contribution in [3.05, 3.63) is 214 Å². The zero-order valence-corrected chi connectivity index (χ0v) is 30.6. The van der Waals surface area contributed by atoms with E-state index in [4.69, 9.17) is 0 Å². The van der Waals surface area contributed by atoms with Crippen LogP contribution in [0.2, 0.25) is 0 Å². The van der Waals surface area contributed by atoms with Gasteiger partial charge in [0.15, 0.2) is 0 Å². The van der Waals surface area contributed by atoms with Gasteiger partial charge in [-0.3, -0.25) is 0 Å². The van der Waals surface area contributed by atoms with E-state index in [-0.39, 0.29) is 0 Å². The van der Waals surface area contributed by atoms with Gasteiger partial charge in [-0.05, 0) is 11.1 Å². The van der Waals surface area contributed by atoms with Crippen molar-refractivity contribution < 1.29 is 23.2 Å². The van der Waals surface area contributed by atoms with Crippen LogP contribution in [-0.4, -0.2) is 0 Å². The number of rotatable bonds is 7. The summed E-state index contributed by atoms with van der Waals surface area (Å²) < 4.78 is 1.26. The maximum atomic E-state index is 2.47. The van der Waals surface area contributed by atoms with Crippen LogP contribution < -0.4 is 0 Å². The van der Waals surface area contributed by atoms with Crippen LogP contribution in [0.25, 0.3) is 46.6 Å². The van der Waals surface area contributed by atoms with Gasteiger partial charge >= 0.3 is 209 Å². The molecule has 1 heteroatoms. The van der Waals surface area contributed by atoms with Crippen LogP contribution in [0.5, 0.6) is 0 Å². The molecule has 8 rings (SSSR count). The van der Waals surface area contributed by atoms with Crippen molar-refractivity contribution in [2.24, 2.45) is 0 Å². The molecule has 0 aliphatic heterocycles. The first-order valence-corrected chi connectivity index (χ1v) is 19.9. The molecule has 0 nitrogen and oxygen atoms in total. The van der Waals surface area contributed by atoms with Gasteiger partial charge in [0.25, 0.3) is 0 Å². The maximum absolute atomic E-state index is 2.47. The summed E-state index contributed by atoms with van der Waals surface area (Å²) >= 11 is -0.835. The molecule has 2 aliphatic rings. The Hall–Kier alpha value is -4.84. The monoisotopic (exact) mass is 706 g/mol. The first-order valence-electron chi connectivity index (χ1n) is 17.1. The van der Waals surface area contributed by atoms with Crippen molar-refractivity contribution in [2.45, 2.75) is 21.1 Å². The van der Waals surface area contributed by atoms with Crippen LogP contribution in [0, 0.1) is 0 Å². The fraction of sp³-hybridized carbons (Fsp3) is 0.0833. The Morgan fingerprint density at radius 2 is 0.776 bits per heavy atom. The predicted molar refractivity (Wildman–Crippen MR) is 207 cm³/mol. The van der Waals surface area contributed by atoms with E-state index in [9.17, 15) is 0 Å². The van der Waals surface area contributed by atoms with Crippen molar-refractivity contribution in [1.29, 1.82) is 0 Å². The van der Waals surface area contributed by atoms with Crippen molar-refractivity contribution in [2.75, 3.05) is 0 Å². The molecule has 6 aromatic carbocycles. The normalized spacial score (nSPS) is 16.0. The molecule has 49 heavy (non-hydrogen) atoms. The van der Waals surface area contributed by atoms with Gasteiger partial charge in [0.05, 0.1) is 0 Å². The summed E-state index contributed by atoms with van der Waals surface area (Å²) in [6.45, 7) is 4.71. The molecule has 236 valence electrons. The molecule has 0 saturated heterocycles. The van der Waals surface area contributed by atoms with Crippen LogP contribution in [-0.2, 0) is 23.2 Å². The molecule has 0 fully saturated rings. The molecule has 0 N–H and O–H groups in total. The Balaban J connectivity index is 0.000000199. The molecule has 2 aliphatic carbocycles. The van der Waals surface area contributed by atoms with E-state index in [1.165, 1.54) is 44.5 Å². The van der Waals surface area contributed by atoms with E-state index in [2.05, 4.69) is 172 Å². The summed E-state index contributed by atoms with van der Waals surface area (Å²) in [7, 11) is 0. The number of benzene rings is 6. The number of allylic oxidation sites excluding steroid dienone is 4. The Kier molecular flexibility index (Phi) is 10.4. The van der Waals surface area contributed by atoms with Crippen molar-refractivity contribution in [1.82, 2.24) is 0 Å². The van der Waals surface area contributed by atoms with Gasteiger partial charge in [0.1, 0.15) is 0 Å². The molecule has 2 unspecified atom stereocenters. The molecule has 0 spiro atoms. The number of hydrogen-bond acceptors (Lipinski definition) is 0. The minimum atomic E-state index is -0.835. The van der Waals surface area contributed by atoms with Crippen molar-refractivity contribution >= 4 is 24.3 Å². The third-order valence-corrected chi connectivity index (χ3v) is 14.8. The van der Waals surface area contributed by atoms with Crippen LogP contribution in [0.3, 0.4) is 0 Å². The molecule has 0 heterocycles. The second-order valence-corrected chi connectivity index (χ2v) is 16.4. The molecule has 0 saturated carbocycles. The van der Waals surface area contributed by atoms with Crippen molar-refractivity contribution in [3.63, 3.8) is 0 Å². The third kappa shape index (κ3) is 7.59. The van der Waals surface area contributed by atoms with E-state index in [1.54, 1.807) is 22.3 Å². The predicted octanol–water partition coefficient (Wildman–Crippen LogP) is 13.1. The van der Waals surface area contributed by atoms with Gasteiger partial charge in [-0.15, -0.1) is 0 Å². The SMILES string of the molecule is C(C=Cc1ccccc1)=Cc1ccccc1.CC1=Cc2c(-c3ccccc3)cccc2[CH]1[Zr][CH]1C(C)=Cc2c(-c3ccccc3)cccc21. The summed E-state index contributed by atoms with van der Waals surface area (Å²) in [4.78, 5) is 0. The fourth-order valence-corrected chi connectivity index (χ4v) is 11.6. The average Bonchev–Trinajstić information content (AvgIpc) is 3.66. The first-order chi connectivity index (χ1) is 24.2. The molecular weight excluding hydrogens is 668 g/mol. The fourth-order valence-electron chi connectivity index (χ4n) is 6.91. The van der Waals surface area contributed by atoms with E-state index < -0.39 is 23.2 Å². The van der Waals surface area contributed by atoms with Gasteiger partial charge < -0.3 is 0 Å². The van der Waals surface area contributed by atoms with E-state index in [1.807, 2.05) is 36.4 Å². The quantitative estimate of drug-likeness (QED) is 0.145. The molecule has 0 radical (unpaired) electrons. The van der Waals surface area contributed by atoms with Crippen LogP contribution in [0.4, 0.5) is 0 Å². The number of hydrogen-bond donors (Lipinski definition) is 0. The minimum absolute atomic E-state index is 0.631. The zero-order chi connectivity index (χ0) is 33.4. The summed E-state index contributed by atoms with van der Waals surface area (Å²) in [5.41, 5.74) is 17.0. The molecule has 2 atom stereocenters. The van der Waals surface area contributed by atoms with E-state index in [0.29, 0.717) is 7.25 Å². The van der Waals surface area contributed by atoms with Crippen molar-refractivity contribution in [3.8, 4) is 22.3 Å². The Morgan fingerprint density at radius 1 is 0.408 bits per heavy atom. The Labute approximate surface area is 303 Å². The van der Waals surface area contributed by atoms with Gasteiger partial charge in [-0.1, -0.05) is 85.0 Å². The van der Waals surface area contributed by atoms with Gasteiger partial charge in [0.2, 0.25) is 0 Å². The van der Waals surface area contributed by atoms with Gasteiger partial charge in [-0.25, -0.2) is 0 Å². The van der Waals surface area contributed by atoms with Gasteiger partial charge in [0, 0.05) is 0 Å². The first kappa shape index (κ1) is 32.7. The third-order valence-electron chi connectivity index (χ3n) is 9.35. The summed E-state index contributed by atoms with van der Waals surface area (Å²) in [6, 6.07) is 56.1. The topological polar surface area (TPSA) is 0 Å². The average molecular weight is 708 g/mol. The van der Waals surface area contributed by atoms with Crippen LogP contribution in [0.15, 0.2) is 181 Å². The zero-order valence-electron chi connectivity index (χ0n) is 28.1. The standard InChI is InChI=1S/2C16H13.C16H14.Zr/c2*1-12-10-14-8-5-9-15(16(14)11-12)13-6-3-2-4-7-13;1-3-9-15(10-4-1)13-7-8-14-16-11-5-2-6-12-16;/h2*2-11H,1H3;1-14H;. The van der Waals surface area contributed by atoms with Crippen LogP contribution >= 0.6 is 0 Å².